The fourth-order valence-corrected chi connectivity index (χ4v) is 2.41. The van der Waals surface area contributed by atoms with E-state index in [0.717, 1.165) is 4.90 Å². The lowest BCUT2D eigenvalue weighted by Gasteiger charge is -2.07. The van der Waals surface area contributed by atoms with E-state index in [0.29, 0.717) is 15.8 Å². The molecule has 0 unspecified atom stereocenters. The van der Waals surface area contributed by atoms with Crippen LogP contribution in [0.4, 0.5) is 0 Å². The summed E-state index contributed by atoms with van der Waals surface area (Å²) in [5, 5.41) is 8.41. The van der Waals surface area contributed by atoms with E-state index in [1.54, 1.807) is 18.3 Å². The largest absolute Gasteiger partial charge is 0.440 e. The normalized spacial score (nSPS) is 10.3. The number of nitrogen functional groups attached to an aromatic ring is 1. The van der Waals surface area contributed by atoms with Crippen molar-refractivity contribution in [2.75, 3.05) is 0 Å². The third kappa shape index (κ3) is 2.20. The molecule has 0 fully saturated rings. The van der Waals surface area contributed by atoms with Gasteiger partial charge in [-0.05, 0) is 23.9 Å². The molecule has 2 aromatic rings. The number of aromatic nitrogens is 1. The van der Waals surface area contributed by atoms with Gasteiger partial charge in [-0.3, -0.25) is 5.41 Å². The number of halogens is 1. The van der Waals surface area contributed by atoms with Gasteiger partial charge in [0.1, 0.15) is 12.1 Å². The van der Waals surface area contributed by atoms with Gasteiger partial charge >= 0.3 is 0 Å². The summed E-state index contributed by atoms with van der Waals surface area (Å²) >= 11 is 7.26. The fraction of sp³-hybridized carbons (Fsp3) is 0. The molecule has 1 aromatic carbocycles. The first-order valence-corrected chi connectivity index (χ1v) is 5.58. The van der Waals surface area contributed by atoms with Crippen molar-refractivity contribution >= 4 is 29.2 Å². The maximum atomic E-state index is 7.47. The highest BCUT2D eigenvalue weighted by Gasteiger charge is 2.12. The molecule has 0 saturated heterocycles. The van der Waals surface area contributed by atoms with Crippen LogP contribution in [0.2, 0.25) is 5.02 Å². The van der Waals surface area contributed by atoms with Crippen LogP contribution >= 0.6 is 23.4 Å². The molecule has 0 radical (unpaired) electrons. The van der Waals surface area contributed by atoms with E-state index in [2.05, 4.69) is 4.98 Å². The highest BCUT2D eigenvalue weighted by Crippen LogP contribution is 2.32. The van der Waals surface area contributed by atoms with Gasteiger partial charge in [0.25, 0.3) is 5.22 Å². The zero-order chi connectivity index (χ0) is 11.5. The maximum Gasteiger partial charge on any atom is 0.260 e. The lowest BCUT2D eigenvalue weighted by atomic mass is 10.2. The molecule has 0 aliphatic carbocycles. The predicted octanol–water partition coefficient (Wildman–Crippen LogP) is 2.76. The summed E-state index contributed by atoms with van der Waals surface area (Å²) in [4.78, 5) is 4.74. The van der Waals surface area contributed by atoms with Crippen LogP contribution in [-0.2, 0) is 0 Å². The van der Waals surface area contributed by atoms with Gasteiger partial charge in [-0.15, -0.1) is 0 Å². The minimum absolute atomic E-state index is 0.0698. The van der Waals surface area contributed by atoms with Crippen molar-refractivity contribution in [3.8, 4) is 0 Å². The van der Waals surface area contributed by atoms with Crippen molar-refractivity contribution in [3.63, 3.8) is 0 Å². The molecule has 1 aromatic heterocycles. The van der Waals surface area contributed by atoms with Crippen molar-refractivity contribution in [2.24, 2.45) is 5.73 Å². The van der Waals surface area contributed by atoms with Gasteiger partial charge in [0.15, 0.2) is 0 Å². The van der Waals surface area contributed by atoms with E-state index in [-0.39, 0.29) is 5.84 Å². The lowest BCUT2D eigenvalue weighted by molar-refractivity contribution is 0.454. The first-order chi connectivity index (χ1) is 7.68. The van der Waals surface area contributed by atoms with Crippen LogP contribution in [0.5, 0.6) is 0 Å². The molecular weight excluding hydrogens is 246 g/mol. The number of amidine groups is 1. The van der Waals surface area contributed by atoms with Gasteiger partial charge in [-0.25, -0.2) is 4.98 Å². The highest BCUT2D eigenvalue weighted by molar-refractivity contribution is 7.99. The Kier molecular flexibility index (Phi) is 3.17. The summed E-state index contributed by atoms with van der Waals surface area (Å²) in [6.07, 6.45) is 3.04. The number of nitrogens with one attached hydrogen (secondary N) is 1. The Labute approximate surface area is 101 Å². The average Bonchev–Trinajstić information content (AvgIpc) is 2.70. The van der Waals surface area contributed by atoms with Crippen LogP contribution < -0.4 is 5.73 Å². The minimum atomic E-state index is -0.0698. The molecule has 2 rings (SSSR count). The van der Waals surface area contributed by atoms with Crippen molar-refractivity contribution in [1.29, 1.82) is 5.41 Å². The van der Waals surface area contributed by atoms with Gasteiger partial charge in [-0.2, -0.15) is 0 Å². The summed E-state index contributed by atoms with van der Waals surface area (Å²) < 4.78 is 5.11. The third-order valence-electron chi connectivity index (χ3n) is 1.85. The molecule has 82 valence electrons. The number of nitrogens with zero attached hydrogens (tertiary/aromatic N) is 1. The van der Waals surface area contributed by atoms with Gasteiger partial charge in [0.05, 0.1) is 11.2 Å². The van der Waals surface area contributed by atoms with Crippen LogP contribution in [0.1, 0.15) is 5.56 Å². The van der Waals surface area contributed by atoms with Crippen LogP contribution in [0.3, 0.4) is 0 Å². The molecule has 0 spiro atoms. The monoisotopic (exact) mass is 253 g/mol. The van der Waals surface area contributed by atoms with Gasteiger partial charge in [-0.1, -0.05) is 17.7 Å². The number of rotatable bonds is 3. The summed E-state index contributed by atoms with van der Waals surface area (Å²) in [6.45, 7) is 0. The molecule has 6 heteroatoms. The molecule has 3 N–H and O–H groups in total. The number of oxazole rings is 1. The summed E-state index contributed by atoms with van der Waals surface area (Å²) in [5.41, 5.74) is 5.99. The van der Waals surface area contributed by atoms with E-state index in [9.17, 15) is 0 Å². The van der Waals surface area contributed by atoms with E-state index in [1.807, 2.05) is 6.07 Å². The zero-order valence-corrected chi connectivity index (χ0v) is 9.68. The summed E-state index contributed by atoms with van der Waals surface area (Å²) in [5.74, 6) is -0.0698. The summed E-state index contributed by atoms with van der Waals surface area (Å²) in [6, 6.07) is 5.30. The Morgan fingerprint density at radius 2 is 2.31 bits per heavy atom. The van der Waals surface area contributed by atoms with Crippen LogP contribution in [-0.4, -0.2) is 10.8 Å². The topological polar surface area (TPSA) is 75.9 Å². The molecule has 0 aliphatic rings. The number of nitrogens with two attached hydrogens (primary N) is 1. The second-order valence-corrected chi connectivity index (χ2v) is 4.33. The molecule has 0 bridgehead atoms. The second-order valence-electron chi connectivity index (χ2n) is 2.93. The molecule has 0 aliphatic heterocycles. The van der Waals surface area contributed by atoms with E-state index in [4.69, 9.17) is 27.2 Å². The van der Waals surface area contributed by atoms with Crippen molar-refractivity contribution in [2.45, 2.75) is 10.1 Å². The molecular formula is C10H8ClN3OS. The van der Waals surface area contributed by atoms with Crippen molar-refractivity contribution in [1.82, 2.24) is 4.98 Å². The minimum Gasteiger partial charge on any atom is -0.440 e. The van der Waals surface area contributed by atoms with E-state index < -0.39 is 0 Å². The van der Waals surface area contributed by atoms with E-state index >= 15 is 0 Å². The quantitative estimate of drug-likeness (QED) is 0.651. The Morgan fingerprint density at radius 1 is 1.50 bits per heavy atom. The molecule has 16 heavy (non-hydrogen) atoms. The Balaban J connectivity index is 2.40. The Bertz CT molecular complexity index is 513. The van der Waals surface area contributed by atoms with Gasteiger partial charge in [0.2, 0.25) is 0 Å². The lowest BCUT2D eigenvalue weighted by Crippen LogP contribution is -2.12. The van der Waals surface area contributed by atoms with Crippen LogP contribution in [0.15, 0.2) is 45.2 Å². The number of hydrogen-bond acceptors (Lipinski definition) is 4. The highest BCUT2D eigenvalue weighted by atomic mass is 35.5. The maximum absolute atomic E-state index is 7.47. The molecule has 0 amide bonds. The first-order valence-electron chi connectivity index (χ1n) is 4.38. The van der Waals surface area contributed by atoms with Crippen LogP contribution in [0, 0.1) is 5.41 Å². The number of hydrogen-bond donors (Lipinski definition) is 2. The van der Waals surface area contributed by atoms with Gasteiger partial charge in [0, 0.05) is 10.5 Å². The Hall–Kier alpha value is -1.46. The SMILES string of the molecule is N=C(N)c1c(Cl)cccc1Sc1ncco1. The average molecular weight is 254 g/mol. The molecule has 1 heterocycles. The van der Waals surface area contributed by atoms with Crippen molar-refractivity contribution in [3.05, 3.63) is 41.2 Å². The fourth-order valence-electron chi connectivity index (χ4n) is 1.21. The van der Waals surface area contributed by atoms with Crippen LogP contribution in [0.25, 0.3) is 0 Å². The second kappa shape index (κ2) is 4.59. The van der Waals surface area contributed by atoms with E-state index in [1.165, 1.54) is 18.0 Å². The van der Waals surface area contributed by atoms with Gasteiger partial charge < -0.3 is 10.2 Å². The number of benzene rings is 1. The predicted molar refractivity (Wildman–Crippen MR) is 63.1 cm³/mol. The summed E-state index contributed by atoms with van der Waals surface area (Å²) in [7, 11) is 0. The zero-order valence-electron chi connectivity index (χ0n) is 8.11. The standard InChI is InChI=1S/C10H8ClN3OS/c11-6-2-1-3-7(8(6)9(12)13)16-10-14-4-5-15-10/h1-5H,(H3,12,13). The molecule has 4 nitrogen and oxygen atoms in total. The molecule has 0 atom stereocenters. The van der Waals surface area contributed by atoms with Crippen molar-refractivity contribution < 1.29 is 4.42 Å². The molecule has 0 saturated carbocycles. The Morgan fingerprint density at radius 3 is 2.94 bits per heavy atom. The smallest absolute Gasteiger partial charge is 0.260 e. The third-order valence-corrected chi connectivity index (χ3v) is 3.10. The first kappa shape index (κ1) is 11.0.